The van der Waals surface area contributed by atoms with Crippen LogP contribution >= 0.6 is 0 Å². The van der Waals surface area contributed by atoms with Crippen molar-refractivity contribution < 1.29 is 54.4 Å². The average molecular weight is 695 g/mol. The number of hydrogen-bond acceptors (Lipinski definition) is 11. The summed E-state index contributed by atoms with van der Waals surface area (Å²) in [5, 5.41) is 62.5. The first kappa shape index (κ1) is 41.5. The number of allylic oxidation sites excluding steroid dienone is 3. The van der Waals surface area contributed by atoms with Crippen LogP contribution in [0.15, 0.2) is 34.9 Å². The monoisotopic (exact) mass is 694 g/mol. The van der Waals surface area contributed by atoms with Gasteiger partial charge in [0.25, 0.3) is 0 Å². The number of ketones is 1. The maximum Gasteiger partial charge on any atom is 0.303 e. The molecule has 11 nitrogen and oxygen atoms in total. The Balaban J connectivity index is 1.68. The molecule has 6 N–H and O–H groups in total. The number of aliphatic hydroxyl groups is 6. The molecule has 3 aliphatic rings. The quantitative estimate of drug-likeness (QED) is 0.122. The molecule has 3 rings (SSSR count). The molecule has 0 aromatic rings. The lowest BCUT2D eigenvalue weighted by Gasteiger charge is -2.54. The van der Waals surface area contributed by atoms with Crippen molar-refractivity contribution in [3.63, 3.8) is 0 Å². The molecule has 1 aliphatic heterocycles. The van der Waals surface area contributed by atoms with Gasteiger partial charge in [-0.25, -0.2) is 0 Å². The standard InChI is InChI=1S/C38H62O11/c1-21(10-13-25(41)18-23(3)27(42)19-26-22(2)12-15-30(43)36(26,5)6)11-14-29-37(7,8)31(16-17-38(29,9)49-24(4)40)48-35-34(46)33(45)32(44)28(20-39)47-35/h10,12,18,25-29,31-35,39,41-42,44-46H,11,13-17,19-20H2,1-9H3. The zero-order chi connectivity index (χ0) is 37.1. The fraction of sp³-hybridized carbons (Fsp3) is 0.789. The highest BCUT2D eigenvalue weighted by Gasteiger charge is 2.55. The molecule has 0 aromatic heterocycles. The van der Waals surface area contributed by atoms with E-state index in [1.165, 1.54) is 6.92 Å². The third kappa shape index (κ3) is 9.68. The van der Waals surface area contributed by atoms with Gasteiger partial charge in [0.2, 0.25) is 0 Å². The molecule has 0 bridgehead atoms. The molecule has 11 heteroatoms. The summed E-state index contributed by atoms with van der Waals surface area (Å²) in [6, 6.07) is 0. The van der Waals surface area contributed by atoms with Crippen molar-refractivity contribution in [1.29, 1.82) is 0 Å². The first-order valence-corrected chi connectivity index (χ1v) is 17.7. The van der Waals surface area contributed by atoms with Crippen molar-refractivity contribution in [2.75, 3.05) is 6.61 Å². The molecule has 2 fully saturated rings. The highest BCUT2D eigenvalue weighted by molar-refractivity contribution is 5.87. The van der Waals surface area contributed by atoms with Crippen LogP contribution in [-0.4, -0.2) is 104 Å². The first-order valence-electron chi connectivity index (χ1n) is 17.7. The van der Waals surface area contributed by atoms with Gasteiger partial charge in [-0.15, -0.1) is 0 Å². The van der Waals surface area contributed by atoms with Crippen LogP contribution in [0.3, 0.4) is 0 Å². The van der Waals surface area contributed by atoms with Crippen molar-refractivity contribution in [3.05, 3.63) is 34.9 Å². The molecular formula is C38H62O11. The molecule has 49 heavy (non-hydrogen) atoms. The van der Waals surface area contributed by atoms with Crippen LogP contribution in [0, 0.1) is 22.7 Å². The van der Waals surface area contributed by atoms with Gasteiger partial charge in [0.1, 0.15) is 35.8 Å². The van der Waals surface area contributed by atoms with Crippen molar-refractivity contribution in [2.45, 2.75) is 162 Å². The molecule has 1 heterocycles. The van der Waals surface area contributed by atoms with Crippen molar-refractivity contribution >= 4 is 11.8 Å². The van der Waals surface area contributed by atoms with E-state index in [4.69, 9.17) is 14.2 Å². The van der Waals surface area contributed by atoms with Gasteiger partial charge in [-0.3, -0.25) is 9.59 Å². The fourth-order valence-electron chi connectivity index (χ4n) is 8.28. The molecule has 11 unspecified atom stereocenters. The normalized spacial score (nSPS) is 36.6. The zero-order valence-electron chi connectivity index (χ0n) is 30.9. The van der Waals surface area contributed by atoms with Crippen LogP contribution in [0.25, 0.3) is 0 Å². The molecule has 0 aromatic carbocycles. The van der Waals surface area contributed by atoms with Crippen molar-refractivity contribution in [2.24, 2.45) is 22.7 Å². The molecule has 1 saturated carbocycles. The second-order valence-electron chi connectivity index (χ2n) is 16.0. The van der Waals surface area contributed by atoms with Gasteiger partial charge >= 0.3 is 5.97 Å². The Morgan fingerprint density at radius 3 is 2.33 bits per heavy atom. The summed E-state index contributed by atoms with van der Waals surface area (Å²) in [4.78, 5) is 24.7. The summed E-state index contributed by atoms with van der Waals surface area (Å²) in [7, 11) is 0. The van der Waals surface area contributed by atoms with Gasteiger partial charge in [-0.1, -0.05) is 57.1 Å². The Kier molecular flexibility index (Phi) is 14.0. The Bertz CT molecular complexity index is 1250. The van der Waals surface area contributed by atoms with Crippen LogP contribution in [0.2, 0.25) is 0 Å². The minimum atomic E-state index is -1.55. The van der Waals surface area contributed by atoms with Crippen LogP contribution < -0.4 is 0 Å². The van der Waals surface area contributed by atoms with Gasteiger partial charge in [0, 0.05) is 24.7 Å². The van der Waals surface area contributed by atoms with Crippen molar-refractivity contribution in [3.8, 4) is 0 Å². The predicted molar refractivity (Wildman–Crippen MR) is 184 cm³/mol. The second-order valence-corrected chi connectivity index (χ2v) is 16.0. The number of carbonyl (C=O) groups is 2. The number of carbonyl (C=O) groups excluding carboxylic acids is 2. The number of aliphatic hydroxyl groups excluding tert-OH is 6. The van der Waals surface area contributed by atoms with E-state index >= 15 is 0 Å². The van der Waals surface area contributed by atoms with E-state index in [-0.39, 0.29) is 23.6 Å². The number of Topliss-reactive ketones (excluding diaryl/α,β-unsaturated/α-hetero) is 1. The number of ether oxygens (including phenoxy) is 3. The van der Waals surface area contributed by atoms with E-state index < -0.39 is 72.1 Å². The summed E-state index contributed by atoms with van der Waals surface area (Å²) < 4.78 is 17.8. The van der Waals surface area contributed by atoms with Gasteiger partial charge in [-0.2, -0.15) is 0 Å². The van der Waals surface area contributed by atoms with Crippen LogP contribution in [0.4, 0.5) is 0 Å². The van der Waals surface area contributed by atoms with E-state index in [9.17, 15) is 40.2 Å². The molecule has 0 spiro atoms. The van der Waals surface area contributed by atoms with Crippen molar-refractivity contribution in [1.82, 2.24) is 0 Å². The minimum absolute atomic E-state index is 0.0738. The molecular weight excluding hydrogens is 632 g/mol. The average Bonchev–Trinajstić information content (AvgIpc) is 3.01. The maximum absolute atomic E-state index is 12.5. The summed E-state index contributed by atoms with van der Waals surface area (Å²) in [6.45, 7) is 16.4. The SMILES string of the molecule is CC(=O)OC1(C)CCC(OC2OC(CO)C(O)C(O)C2O)C(C)(C)C1CCC(C)=CCC(O)C=C(C)C(O)CC1C(C)=CCC(=O)C1(C)C. The van der Waals surface area contributed by atoms with E-state index in [2.05, 4.69) is 0 Å². The Morgan fingerprint density at radius 1 is 1.06 bits per heavy atom. The molecule has 0 amide bonds. The van der Waals surface area contributed by atoms with Crippen LogP contribution in [-0.2, 0) is 23.8 Å². The Labute approximate surface area is 292 Å². The molecule has 0 radical (unpaired) electrons. The summed E-state index contributed by atoms with van der Waals surface area (Å²) in [6.07, 6.45) is 0.0213. The lowest BCUT2D eigenvalue weighted by atomic mass is 9.58. The number of hydrogen-bond donors (Lipinski definition) is 6. The summed E-state index contributed by atoms with van der Waals surface area (Å²) in [5.41, 5.74) is 0.850. The Hall–Kier alpha value is -1.96. The van der Waals surface area contributed by atoms with Gasteiger partial charge in [0.05, 0.1) is 24.9 Å². The molecule has 1 saturated heterocycles. The summed E-state index contributed by atoms with van der Waals surface area (Å²) >= 11 is 0. The van der Waals surface area contributed by atoms with Gasteiger partial charge in [0.15, 0.2) is 6.29 Å². The number of esters is 1. The minimum Gasteiger partial charge on any atom is -0.459 e. The summed E-state index contributed by atoms with van der Waals surface area (Å²) in [5.74, 6) is -0.484. The number of rotatable bonds is 13. The third-order valence-corrected chi connectivity index (χ3v) is 11.6. The van der Waals surface area contributed by atoms with Gasteiger partial charge in [-0.05, 0) is 83.1 Å². The van der Waals surface area contributed by atoms with E-state index in [1.54, 1.807) is 13.0 Å². The smallest absolute Gasteiger partial charge is 0.303 e. The van der Waals surface area contributed by atoms with Crippen LogP contribution in [0.1, 0.15) is 107 Å². The third-order valence-electron chi connectivity index (χ3n) is 11.6. The fourth-order valence-corrected chi connectivity index (χ4v) is 8.28. The largest absolute Gasteiger partial charge is 0.459 e. The zero-order valence-corrected chi connectivity index (χ0v) is 30.9. The van der Waals surface area contributed by atoms with Gasteiger partial charge < -0.3 is 44.8 Å². The van der Waals surface area contributed by atoms with E-state index in [0.717, 1.165) is 11.1 Å². The first-order chi connectivity index (χ1) is 22.6. The van der Waals surface area contributed by atoms with Crippen LogP contribution in [0.5, 0.6) is 0 Å². The lowest BCUT2D eigenvalue weighted by molar-refractivity contribution is -0.327. The predicted octanol–water partition coefficient (Wildman–Crippen LogP) is 3.67. The molecule has 280 valence electrons. The highest BCUT2D eigenvalue weighted by Crippen LogP contribution is 2.52. The Morgan fingerprint density at radius 2 is 1.71 bits per heavy atom. The molecule has 2 aliphatic carbocycles. The lowest BCUT2D eigenvalue weighted by Crippen LogP contribution is -2.62. The van der Waals surface area contributed by atoms with E-state index in [1.807, 2.05) is 60.6 Å². The topological polar surface area (TPSA) is 183 Å². The second kappa shape index (κ2) is 16.6. The maximum atomic E-state index is 12.5. The van der Waals surface area contributed by atoms with E-state index in [0.29, 0.717) is 50.5 Å². The highest BCUT2D eigenvalue weighted by atomic mass is 16.7. The molecule has 11 atom stereocenters.